The van der Waals surface area contributed by atoms with Gasteiger partial charge in [0.25, 0.3) is 0 Å². The molecule has 0 unspecified atom stereocenters. The molecule has 0 aliphatic heterocycles. The normalized spacial score (nSPS) is 10.7. The first-order chi connectivity index (χ1) is 8.81. The number of fused-ring (bicyclic) bond motifs is 1. The molecule has 3 rings (SSSR count). The third-order valence-corrected chi connectivity index (χ3v) is 3.69. The molecule has 0 saturated heterocycles. The van der Waals surface area contributed by atoms with Gasteiger partial charge in [-0.25, -0.2) is 0 Å². The van der Waals surface area contributed by atoms with Crippen molar-refractivity contribution in [2.45, 2.75) is 0 Å². The summed E-state index contributed by atoms with van der Waals surface area (Å²) in [7, 11) is 0. The van der Waals surface area contributed by atoms with Crippen molar-refractivity contribution in [3.8, 4) is 11.1 Å². The Morgan fingerprint density at radius 3 is 2.50 bits per heavy atom. The van der Waals surface area contributed by atoms with Gasteiger partial charge in [0.15, 0.2) is 6.29 Å². The van der Waals surface area contributed by atoms with Crippen LogP contribution in [-0.4, -0.2) is 11.3 Å². The molecule has 0 radical (unpaired) electrons. The van der Waals surface area contributed by atoms with E-state index in [4.69, 9.17) is 0 Å². The summed E-state index contributed by atoms with van der Waals surface area (Å²) in [6.45, 7) is 0. The van der Waals surface area contributed by atoms with Crippen LogP contribution in [0.25, 0.3) is 22.0 Å². The predicted octanol–water partition coefficient (Wildman–Crippen LogP) is 4.41. The van der Waals surface area contributed by atoms with Gasteiger partial charge >= 0.3 is 0 Å². The van der Waals surface area contributed by atoms with Crippen LogP contribution in [0.3, 0.4) is 0 Å². The highest BCUT2D eigenvalue weighted by atomic mass is 79.9. The number of aromatic amines is 1. The number of aromatic nitrogens is 1. The fourth-order valence-electron chi connectivity index (χ4n) is 2.21. The molecule has 0 aliphatic carbocycles. The molecule has 3 heteroatoms. The summed E-state index contributed by atoms with van der Waals surface area (Å²) in [4.78, 5) is 14.4. The van der Waals surface area contributed by atoms with E-state index in [9.17, 15) is 4.79 Å². The summed E-state index contributed by atoms with van der Waals surface area (Å²) in [5.41, 5.74) is 3.57. The second-order valence-corrected chi connectivity index (χ2v) is 4.91. The maximum atomic E-state index is 11.2. The van der Waals surface area contributed by atoms with Crippen LogP contribution in [0.15, 0.2) is 53.0 Å². The first-order valence-corrected chi connectivity index (χ1v) is 6.41. The number of aldehydes is 1. The highest BCUT2D eigenvalue weighted by Gasteiger charge is 2.14. The van der Waals surface area contributed by atoms with Crippen molar-refractivity contribution in [1.82, 2.24) is 4.98 Å². The number of H-pyrrole nitrogens is 1. The molecular weight excluding hydrogens is 290 g/mol. The van der Waals surface area contributed by atoms with Crippen LogP contribution in [0.1, 0.15) is 10.5 Å². The van der Waals surface area contributed by atoms with Crippen molar-refractivity contribution >= 4 is 33.1 Å². The molecule has 3 aromatic rings. The maximum absolute atomic E-state index is 11.2. The fraction of sp³-hybridized carbons (Fsp3) is 0. The molecule has 2 aromatic carbocycles. The van der Waals surface area contributed by atoms with E-state index < -0.39 is 0 Å². The van der Waals surface area contributed by atoms with E-state index in [1.54, 1.807) is 0 Å². The molecule has 1 N–H and O–H groups in total. The average molecular weight is 300 g/mol. The number of hydrogen-bond acceptors (Lipinski definition) is 1. The van der Waals surface area contributed by atoms with Gasteiger partial charge in [-0.1, -0.05) is 52.3 Å². The number of para-hydroxylation sites is 1. The lowest BCUT2D eigenvalue weighted by molar-refractivity contribution is 0.112. The minimum Gasteiger partial charge on any atom is -0.352 e. The van der Waals surface area contributed by atoms with E-state index in [1.807, 2.05) is 48.5 Å². The van der Waals surface area contributed by atoms with Crippen molar-refractivity contribution in [1.29, 1.82) is 0 Å². The van der Waals surface area contributed by atoms with Crippen LogP contribution in [0.5, 0.6) is 0 Å². The lowest BCUT2D eigenvalue weighted by Crippen LogP contribution is -1.85. The zero-order chi connectivity index (χ0) is 12.5. The molecule has 88 valence electrons. The molecule has 1 aromatic heterocycles. The molecule has 2 nitrogen and oxygen atoms in total. The van der Waals surface area contributed by atoms with E-state index in [1.165, 1.54) is 0 Å². The number of benzene rings is 2. The summed E-state index contributed by atoms with van der Waals surface area (Å²) < 4.78 is 0.984. The second kappa shape index (κ2) is 4.42. The van der Waals surface area contributed by atoms with Gasteiger partial charge in [-0.2, -0.15) is 0 Å². The first-order valence-electron chi connectivity index (χ1n) is 5.62. The Morgan fingerprint density at radius 1 is 1.00 bits per heavy atom. The Balaban J connectivity index is 2.41. The Labute approximate surface area is 113 Å². The Bertz CT molecular complexity index is 730. The Hall–Kier alpha value is -1.87. The summed E-state index contributed by atoms with van der Waals surface area (Å²) in [5.74, 6) is 0. The quantitative estimate of drug-likeness (QED) is 0.699. The van der Waals surface area contributed by atoms with Crippen molar-refractivity contribution in [3.63, 3.8) is 0 Å². The van der Waals surface area contributed by atoms with Crippen LogP contribution in [0.4, 0.5) is 0 Å². The molecule has 0 spiro atoms. The second-order valence-electron chi connectivity index (χ2n) is 4.06. The third kappa shape index (κ3) is 1.68. The molecule has 0 atom stereocenters. The van der Waals surface area contributed by atoms with Gasteiger partial charge in [0.2, 0.25) is 0 Å². The van der Waals surface area contributed by atoms with Crippen molar-refractivity contribution < 1.29 is 4.79 Å². The van der Waals surface area contributed by atoms with Crippen LogP contribution >= 0.6 is 15.9 Å². The monoisotopic (exact) mass is 299 g/mol. The summed E-state index contributed by atoms with van der Waals surface area (Å²) >= 11 is 3.54. The van der Waals surface area contributed by atoms with Crippen LogP contribution in [0, 0.1) is 0 Å². The number of carbonyl (C=O) groups is 1. The highest BCUT2D eigenvalue weighted by Crippen LogP contribution is 2.35. The number of carbonyl (C=O) groups excluding carboxylic acids is 1. The van der Waals surface area contributed by atoms with Gasteiger partial charge < -0.3 is 4.98 Å². The molecule has 18 heavy (non-hydrogen) atoms. The van der Waals surface area contributed by atoms with Crippen LogP contribution in [0.2, 0.25) is 0 Å². The Kier molecular flexibility index (Phi) is 2.76. The lowest BCUT2D eigenvalue weighted by Gasteiger charge is -2.04. The number of rotatable bonds is 2. The molecule has 0 fully saturated rings. The van der Waals surface area contributed by atoms with E-state index >= 15 is 0 Å². The summed E-state index contributed by atoms with van der Waals surface area (Å²) in [6.07, 6.45) is 0.870. The van der Waals surface area contributed by atoms with Gasteiger partial charge in [-0.3, -0.25) is 4.79 Å². The molecule has 0 amide bonds. The van der Waals surface area contributed by atoms with Crippen LogP contribution < -0.4 is 0 Å². The molecule has 0 aliphatic rings. The number of nitrogens with one attached hydrogen (secondary N) is 1. The SMILES string of the molecule is O=Cc1[nH]c2ccccc2c1-c1ccccc1Br. The van der Waals surface area contributed by atoms with E-state index in [2.05, 4.69) is 20.9 Å². The van der Waals surface area contributed by atoms with Crippen molar-refractivity contribution in [2.24, 2.45) is 0 Å². The van der Waals surface area contributed by atoms with E-state index in [0.717, 1.165) is 32.8 Å². The summed E-state index contributed by atoms with van der Waals surface area (Å²) in [6, 6.07) is 15.8. The number of halogens is 1. The standard InChI is InChI=1S/C15H10BrNO/c16-12-7-3-1-5-10(12)15-11-6-2-4-8-13(11)17-14(15)9-18/h1-9,17H. The van der Waals surface area contributed by atoms with Crippen LogP contribution in [-0.2, 0) is 0 Å². The molecular formula is C15H10BrNO. The lowest BCUT2D eigenvalue weighted by atomic mass is 10.0. The summed E-state index contributed by atoms with van der Waals surface area (Å²) in [5, 5.41) is 1.06. The van der Waals surface area contributed by atoms with Gasteiger partial charge in [0, 0.05) is 20.9 Å². The van der Waals surface area contributed by atoms with Gasteiger partial charge in [-0.15, -0.1) is 0 Å². The first kappa shape index (κ1) is 11.2. The van der Waals surface area contributed by atoms with Gasteiger partial charge in [0.05, 0.1) is 5.69 Å². The topological polar surface area (TPSA) is 32.9 Å². The molecule has 0 bridgehead atoms. The highest BCUT2D eigenvalue weighted by molar-refractivity contribution is 9.10. The predicted molar refractivity (Wildman–Crippen MR) is 76.8 cm³/mol. The largest absolute Gasteiger partial charge is 0.352 e. The maximum Gasteiger partial charge on any atom is 0.166 e. The van der Waals surface area contributed by atoms with E-state index in [0.29, 0.717) is 5.69 Å². The zero-order valence-corrected chi connectivity index (χ0v) is 11.1. The molecule has 0 saturated carbocycles. The number of hydrogen-bond donors (Lipinski definition) is 1. The fourth-order valence-corrected chi connectivity index (χ4v) is 2.69. The van der Waals surface area contributed by atoms with E-state index in [-0.39, 0.29) is 0 Å². The van der Waals surface area contributed by atoms with Gasteiger partial charge in [0.1, 0.15) is 0 Å². The minimum atomic E-state index is 0.614. The smallest absolute Gasteiger partial charge is 0.166 e. The Morgan fingerprint density at radius 2 is 1.72 bits per heavy atom. The van der Waals surface area contributed by atoms with Crippen molar-refractivity contribution in [2.75, 3.05) is 0 Å². The van der Waals surface area contributed by atoms with Crippen molar-refractivity contribution in [3.05, 3.63) is 58.7 Å². The zero-order valence-electron chi connectivity index (χ0n) is 9.48. The average Bonchev–Trinajstić information content (AvgIpc) is 2.78. The third-order valence-electron chi connectivity index (χ3n) is 3.00. The minimum absolute atomic E-state index is 0.614. The molecule has 1 heterocycles. The van der Waals surface area contributed by atoms with Gasteiger partial charge in [-0.05, 0) is 17.7 Å².